The maximum absolute atomic E-state index is 9.17. The lowest BCUT2D eigenvalue weighted by molar-refractivity contribution is 0.415. The molecule has 0 unspecified atom stereocenters. The molecule has 1 atom stereocenters. The van der Waals surface area contributed by atoms with Crippen molar-refractivity contribution in [3.8, 4) is 5.75 Å². The van der Waals surface area contributed by atoms with Gasteiger partial charge in [-0.3, -0.25) is 0 Å². The van der Waals surface area contributed by atoms with Crippen LogP contribution in [0.15, 0.2) is 11.4 Å². The van der Waals surface area contributed by atoms with Crippen molar-refractivity contribution in [2.45, 2.75) is 25.3 Å². The summed E-state index contributed by atoms with van der Waals surface area (Å²) in [5.41, 5.74) is 0. The van der Waals surface area contributed by atoms with Gasteiger partial charge in [-0.2, -0.15) is 0 Å². The van der Waals surface area contributed by atoms with Crippen LogP contribution in [0.4, 0.5) is 0 Å². The molecule has 66 valence electrons. The molecular formula is C9H13NOS. The first-order valence-electron chi connectivity index (χ1n) is 4.37. The van der Waals surface area contributed by atoms with Crippen molar-refractivity contribution in [3.05, 3.63) is 16.3 Å². The van der Waals surface area contributed by atoms with Gasteiger partial charge in [0, 0.05) is 16.3 Å². The molecule has 2 nitrogen and oxygen atoms in total. The largest absolute Gasteiger partial charge is 0.507 e. The molecule has 0 aromatic carbocycles. The van der Waals surface area contributed by atoms with Crippen molar-refractivity contribution in [3.63, 3.8) is 0 Å². The Morgan fingerprint density at radius 2 is 2.42 bits per heavy atom. The molecular weight excluding hydrogens is 170 g/mol. The second-order valence-electron chi connectivity index (χ2n) is 3.21. The van der Waals surface area contributed by atoms with Crippen LogP contribution < -0.4 is 5.32 Å². The van der Waals surface area contributed by atoms with Gasteiger partial charge in [-0.15, -0.1) is 11.3 Å². The predicted octanol–water partition coefficient (Wildman–Crippen LogP) is 2.27. The van der Waals surface area contributed by atoms with E-state index >= 15 is 0 Å². The Morgan fingerprint density at radius 3 is 3.00 bits per heavy atom. The van der Waals surface area contributed by atoms with E-state index in [1.807, 2.05) is 6.07 Å². The highest BCUT2D eigenvalue weighted by Gasteiger charge is 2.15. The molecule has 1 aromatic rings. The van der Waals surface area contributed by atoms with Crippen LogP contribution in [0.1, 0.15) is 30.2 Å². The molecule has 1 saturated heterocycles. The zero-order valence-corrected chi connectivity index (χ0v) is 7.73. The lowest BCUT2D eigenvalue weighted by atomic mass is 10.0. The van der Waals surface area contributed by atoms with Gasteiger partial charge in [-0.25, -0.2) is 0 Å². The van der Waals surface area contributed by atoms with E-state index in [2.05, 4.69) is 5.32 Å². The quantitative estimate of drug-likeness (QED) is 0.700. The van der Waals surface area contributed by atoms with Gasteiger partial charge in [0.2, 0.25) is 0 Å². The highest BCUT2D eigenvalue weighted by atomic mass is 32.1. The average Bonchev–Trinajstić information content (AvgIpc) is 2.54. The molecule has 0 saturated carbocycles. The molecule has 12 heavy (non-hydrogen) atoms. The first-order chi connectivity index (χ1) is 5.86. The molecule has 0 aliphatic carbocycles. The summed E-state index contributed by atoms with van der Waals surface area (Å²) in [4.78, 5) is 1.27. The Morgan fingerprint density at radius 1 is 1.50 bits per heavy atom. The third-order valence-corrected chi connectivity index (χ3v) is 3.29. The van der Waals surface area contributed by atoms with E-state index in [1.165, 1.54) is 24.1 Å². The van der Waals surface area contributed by atoms with Gasteiger partial charge in [0.15, 0.2) is 0 Å². The molecule has 1 aliphatic rings. The molecule has 1 aliphatic heterocycles. The highest BCUT2D eigenvalue weighted by Crippen LogP contribution is 2.30. The summed E-state index contributed by atoms with van der Waals surface area (Å²) in [6.45, 7) is 1.11. The minimum Gasteiger partial charge on any atom is -0.507 e. The summed E-state index contributed by atoms with van der Waals surface area (Å²) in [5.74, 6) is 0.405. The van der Waals surface area contributed by atoms with Crippen molar-refractivity contribution in [2.24, 2.45) is 0 Å². The molecule has 2 heterocycles. The third-order valence-electron chi connectivity index (χ3n) is 2.26. The first kappa shape index (κ1) is 8.08. The van der Waals surface area contributed by atoms with Gasteiger partial charge >= 0.3 is 0 Å². The number of aromatic hydroxyl groups is 1. The molecule has 1 fully saturated rings. The molecule has 0 spiro atoms. The van der Waals surface area contributed by atoms with Gasteiger partial charge < -0.3 is 10.4 Å². The number of hydrogen-bond donors (Lipinski definition) is 2. The van der Waals surface area contributed by atoms with Crippen LogP contribution in [0.2, 0.25) is 0 Å². The predicted molar refractivity (Wildman–Crippen MR) is 50.6 cm³/mol. The topological polar surface area (TPSA) is 32.3 Å². The fourth-order valence-electron chi connectivity index (χ4n) is 1.62. The first-order valence-corrected chi connectivity index (χ1v) is 5.25. The van der Waals surface area contributed by atoms with Crippen LogP contribution in [0.25, 0.3) is 0 Å². The minimum atomic E-state index is 0.405. The van der Waals surface area contributed by atoms with Crippen LogP contribution in [0.5, 0.6) is 5.75 Å². The summed E-state index contributed by atoms with van der Waals surface area (Å²) in [7, 11) is 0. The van der Waals surface area contributed by atoms with E-state index in [4.69, 9.17) is 5.11 Å². The number of hydrogen-bond acceptors (Lipinski definition) is 3. The normalized spacial score (nSPS) is 24.2. The summed E-state index contributed by atoms with van der Waals surface area (Å²) in [5, 5.41) is 14.4. The maximum Gasteiger partial charge on any atom is 0.126 e. The van der Waals surface area contributed by atoms with Crippen molar-refractivity contribution in [1.82, 2.24) is 5.32 Å². The van der Waals surface area contributed by atoms with E-state index in [0.29, 0.717) is 11.8 Å². The fraction of sp³-hybridized carbons (Fsp3) is 0.556. The lowest BCUT2D eigenvalue weighted by Crippen LogP contribution is -2.25. The lowest BCUT2D eigenvalue weighted by Gasteiger charge is -2.21. The van der Waals surface area contributed by atoms with E-state index < -0.39 is 0 Å². The van der Waals surface area contributed by atoms with Crippen LogP contribution in [0, 0.1) is 0 Å². The van der Waals surface area contributed by atoms with Crippen molar-refractivity contribution >= 4 is 11.3 Å². The van der Waals surface area contributed by atoms with Gasteiger partial charge in [0.05, 0.1) is 0 Å². The van der Waals surface area contributed by atoms with Gasteiger partial charge in [-0.05, 0) is 25.5 Å². The van der Waals surface area contributed by atoms with E-state index in [9.17, 15) is 0 Å². The summed E-state index contributed by atoms with van der Waals surface area (Å²) >= 11 is 1.64. The zero-order valence-electron chi connectivity index (χ0n) is 6.92. The Hall–Kier alpha value is -0.540. The average molecular weight is 183 g/mol. The Kier molecular flexibility index (Phi) is 2.33. The Balaban J connectivity index is 2.08. The molecule has 0 radical (unpaired) electrons. The molecule has 0 amide bonds. The zero-order chi connectivity index (χ0) is 8.39. The molecule has 2 N–H and O–H groups in total. The van der Waals surface area contributed by atoms with E-state index in [1.54, 1.807) is 16.7 Å². The Bertz CT molecular complexity index is 253. The third kappa shape index (κ3) is 1.62. The maximum atomic E-state index is 9.17. The molecule has 2 rings (SSSR count). The smallest absolute Gasteiger partial charge is 0.126 e. The fourth-order valence-corrected chi connectivity index (χ4v) is 2.50. The minimum absolute atomic E-state index is 0.405. The second-order valence-corrected chi connectivity index (χ2v) is 4.15. The number of thiophene rings is 1. The summed E-state index contributed by atoms with van der Waals surface area (Å²) < 4.78 is 0. The SMILES string of the molecule is Oc1csc([C@H]2CCCCN2)c1. The molecule has 0 bridgehead atoms. The van der Waals surface area contributed by atoms with E-state index in [-0.39, 0.29) is 0 Å². The Labute approximate surface area is 76.2 Å². The van der Waals surface area contributed by atoms with Crippen molar-refractivity contribution < 1.29 is 5.11 Å². The number of nitrogens with one attached hydrogen (secondary N) is 1. The van der Waals surface area contributed by atoms with Crippen LogP contribution >= 0.6 is 11.3 Å². The van der Waals surface area contributed by atoms with Crippen molar-refractivity contribution in [2.75, 3.05) is 6.54 Å². The van der Waals surface area contributed by atoms with Gasteiger partial charge in [0.25, 0.3) is 0 Å². The summed E-state index contributed by atoms with van der Waals surface area (Å²) in [6.07, 6.45) is 3.80. The van der Waals surface area contributed by atoms with Crippen molar-refractivity contribution in [1.29, 1.82) is 0 Å². The van der Waals surface area contributed by atoms with Gasteiger partial charge in [0.1, 0.15) is 5.75 Å². The standard InChI is InChI=1S/C9H13NOS/c11-7-5-9(12-6-7)8-3-1-2-4-10-8/h5-6,8,10-11H,1-4H2/t8-/m1/s1. The van der Waals surface area contributed by atoms with Crippen LogP contribution in [-0.4, -0.2) is 11.7 Å². The number of piperidine rings is 1. The van der Waals surface area contributed by atoms with Crippen LogP contribution in [0.3, 0.4) is 0 Å². The monoisotopic (exact) mass is 183 g/mol. The van der Waals surface area contributed by atoms with Gasteiger partial charge in [-0.1, -0.05) is 6.42 Å². The number of rotatable bonds is 1. The van der Waals surface area contributed by atoms with Crippen LogP contribution in [-0.2, 0) is 0 Å². The highest BCUT2D eigenvalue weighted by molar-refractivity contribution is 7.10. The second kappa shape index (κ2) is 3.46. The molecule has 1 aromatic heterocycles. The summed E-state index contributed by atoms with van der Waals surface area (Å²) in [6, 6.07) is 2.36. The molecule has 3 heteroatoms. The van der Waals surface area contributed by atoms with E-state index in [0.717, 1.165) is 6.54 Å².